The number of para-hydroxylation sites is 1. The van der Waals surface area contributed by atoms with Crippen LogP contribution in [-0.4, -0.2) is 63.2 Å². The molecule has 0 unspecified atom stereocenters. The SMILES string of the molecule is COc1cc2c(cc1OC)CN(CCc1ccc(NC(=O)c3cc(OC)c(OC)cc3-c3nc4ccccc4cc3C(N)=O)cc1)CC2. The maximum atomic E-state index is 13.8. The van der Waals surface area contributed by atoms with Crippen molar-refractivity contribution in [2.75, 3.05) is 46.8 Å². The van der Waals surface area contributed by atoms with Gasteiger partial charge in [0, 0.05) is 36.3 Å². The molecule has 2 heterocycles. The number of benzene rings is 4. The molecule has 0 bridgehead atoms. The van der Waals surface area contributed by atoms with Crippen LogP contribution in [0.5, 0.6) is 23.0 Å². The highest BCUT2D eigenvalue weighted by Crippen LogP contribution is 2.38. The summed E-state index contributed by atoms with van der Waals surface area (Å²) < 4.78 is 22.0. The number of aromatic nitrogens is 1. The van der Waals surface area contributed by atoms with Crippen molar-refractivity contribution in [2.24, 2.45) is 5.73 Å². The van der Waals surface area contributed by atoms with Crippen LogP contribution in [0.4, 0.5) is 5.69 Å². The number of nitrogens with zero attached hydrogens (tertiary/aromatic N) is 2. The molecular weight excluding hydrogens is 608 g/mol. The lowest BCUT2D eigenvalue weighted by atomic mass is 9.97. The molecule has 0 fully saturated rings. The summed E-state index contributed by atoms with van der Waals surface area (Å²) in [7, 11) is 6.32. The van der Waals surface area contributed by atoms with Gasteiger partial charge in [-0.1, -0.05) is 30.3 Å². The number of hydrogen-bond acceptors (Lipinski definition) is 8. The van der Waals surface area contributed by atoms with E-state index in [1.54, 1.807) is 32.4 Å². The molecule has 3 N–H and O–H groups in total. The van der Waals surface area contributed by atoms with Crippen LogP contribution < -0.4 is 30.0 Å². The summed E-state index contributed by atoms with van der Waals surface area (Å²) in [5.74, 6) is 1.20. The van der Waals surface area contributed by atoms with Crippen LogP contribution in [0.15, 0.2) is 78.9 Å². The highest BCUT2D eigenvalue weighted by Gasteiger charge is 2.24. The fourth-order valence-electron chi connectivity index (χ4n) is 6.14. The number of rotatable bonds is 11. The maximum absolute atomic E-state index is 13.8. The van der Waals surface area contributed by atoms with E-state index in [-0.39, 0.29) is 16.8 Å². The molecule has 10 heteroatoms. The molecule has 5 aromatic rings. The third-order valence-electron chi connectivity index (χ3n) is 8.74. The maximum Gasteiger partial charge on any atom is 0.256 e. The number of pyridine rings is 1. The zero-order valence-electron chi connectivity index (χ0n) is 27.5. The summed E-state index contributed by atoms with van der Waals surface area (Å²) in [6.07, 6.45) is 1.81. The quantitative estimate of drug-likeness (QED) is 0.182. The molecule has 6 rings (SSSR count). The van der Waals surface area contributed by atoms with Gasteiger partial charge < -0.3 is 30.0 Å². The number of carbonyl (C=O) groups excluding carboxylic acids is 2. The lowest BCUT2D eigenvalue weighted by Crippen LogP contribution is -2.32. The second kappa shape index (κ2) is 14.0. The number of fused-ring (bicyclic) bond motifs is 2. The van der Waals surface area contributed by atoms with Crippen molar-refractivity contribution in [3.05, 3.63) is 107 Å². The van der Waals surface area contributed by atoms with Crippen molar-refractivity contribution in [3.8, 4) is 34.3 Å². The molecule has 10 nitrogen and oxygen atoms in total. The Labute approximate surface area is 279 Å². The molecule has 0 saturated carbocycles. The van der Waals surface area contributed by atoms with Crippen molar-refractivity contribution in [1.29, 1.82) is 0 Å². The number of amides is 2. The summed E-state index contributed by atoms with van der Waals surface area (Å²) in [6.45, 7) is 2.71. The monoisotopic (exact) mass is 646 g/mol. The van der Waals surface area contributed by atoms with Crippen LogP contribution in [0.2, 0.25) is 0 Å². The fraction of sp³-hybridized carbons (Fsp3) is 0.237. The van der Waals surface area contributed by atoms with Crippen molar-refractivity contribution < 1.29 is 28.5 Å². The minimum atomic E-state index is -0.659. The molecule has 48 heavy (non-hydrogen) atoms. The van der Waals surface area contributed by atoms with Crippen LogP contribution in [0, 0.1) is 0 Å². The van der Waals surface area contributed by atoms with Crippen LogP contribution in [0.3, 0.4) is 0 Å². The van der Waals surface area contributed by atoms with Crippen LogP contribution in [0.25, 0.3) is 22.2 Å². The zero-order valence-corrected chi connectivity index (χ0v) is 27.5. The van der Waals surface area contributed by atoms with Gasteiger partial charge >= 0.3 is 0 Å². The van der Waals surface area contributed by atoms with Gasteiger partial charge in [0.05, 0.1) is 50.8 Å². The van der Waals surface area contributed by atoms with Gasteiger partial charge in [0.2, 0.25) is 0 Å². The van der Waals surface area contributed by atoms with E-state index in [2.05, 4.69) is 22.3 Å². The van der Waals surface area contributed by atoms with Crippen LogP contribution >= 0.6 is 0 Å². The Hall–Kier alpha value is -5.61. The minimum Gasteiger partial charge on any atom is -0.493 e. The van der Waals surface area contributed by atoms with Gasteiger partial charge in [-0.15, -0.1) is 0 Å². The predicted molar refractivity (Wildman–Crippen MR) is 185 cm³/mol. The first-order chi connectivity index (χ1) is 23.3. The van der Waals surface area contributed by atoms with Crippen molar-refractivity contribution in [1.82, 2.24) is 9.88 Å². The summed E-state index contributed by atoms with van der Waals surface area (Å²) >= 11 is 0. The lowest BCUT2D eigenvalue weighted by molar-refractivity contribution is 0.0996. The molecule has 0 atom stereocenters. The standard InChI is InChI=1S/C38H38N4O6/c1-45-32-18-24-14-16-42(22-26(24)19-33(32)46-2)15-13-23-9-11-27(12-10-23)40-38(44)29-21-35(48-4)34(47-3)20-28(29)36-30(37(39)43)17-25-7-5-6-8-31(25)41-36/h5-12,17-21H,13-16,22H2,1-4H3,(H2,39,43)(H,40,44). The Morgan fingerprint density at radius 1 is 0.792 bits per heavy atom. The number of methoxy groups -OCH3 is 4. The van der Waals surface area contributed by atoms with E-state index in [1.165, 1.54) is 25.3 Å². The normalized spacial score (nSPS) is 12.7. The number of primary amides is 1. The smallest absolute Gasteiger partial charge is 0.256 e. The largest absolute Gasteiger partial charge is 0.493 e. The Bertz CT molecular complexity index is 1990. The molecule has 0 aliphatic carbocycles. The number of nitrogens with two attached hydrogens (primary N) is 1. The number of hydrogen-bond donors (Lipinski definition) is 2. The highest BCUT2D eigenvalue weighted by molar-refractivity contribution is 6.11. The van der Waals surface area contributed by atoms with Gasteiger partial charge in [-0.05, 0) is 78.1 Å². The van der Waals surface area contributed by atoms with E-state index >= 15 is 0 Å². The number of ether oxygens (including phenoxy) is 4. The fourth-order valence-corrected chi connectivity index (χ4v) is 6.14. The van der Waals surface area contributed by atoms with E-state index in [4.69, 9.17) is 29.7 Å². The van der Waals surface area contributed by atoms with Gasteiger partial charge in [0.1, 0.15) is 0 Å². The van der Waals surface area contributed by atoms with Gasteiger partial charge in [-0.3, -0.25) is 14.5 Å². The van der Waals surface area contributed by atoms with E-state index in [0.717, 1.165) is 54.9 Å². The second-order valence-corrected chi connectivity index (χ2v) is 11.6. The molecule has 0 radical (unpaired) electrons. The second-order valence-electron chi connectivity index (χ2n) is 11.6. The minimum absolute atomic E-state index is 0.190. The number of anilines is 1. The third-order valence-corrected chi connectivity index (χ3v) is 8.74. The first kappa shape index (κ1) is 32.3. The molecule has 4 aromatic carbocycles. The summed E-state index contributed by atoms with van der Waals surface area (Å²) in [5.41, 5.74) is 11.9. The van der Waals surface area contributed by atoms with E-state index in [9.17, 15) is 9.59 Å². The topological polar surface area (TPSA) is 125 Å². The molecule has 0 spiro atoms. The lowest BCUT2D eigenvalue weighted by Gasteiger charge is -2.29. The number of carbonyl (C=O) groups is 2. The van der Waals surface area contributed by atoms with E-state index in [0.29, 0.717) is 28.3 Å². The Balaban J connectivity index is 1.20. The first-order valence-electron chi connectivity index (χ1n) is 15.6. The Morgan fingerprint density at radius 2 is 1.44 bits per heavy atom. The molecule has 1 aliphatic heterocycles. The number of nitrogens with one attached hydrogen (secondary N) is 1. The van der Waals surface area contributed by atoms with Gasteiger partial charge in [-0.25, -0.2) is 4.98 Å². The van der Waals surface area contributed by atoms with Crippen molar-refractivity contribution >= 4 is 28.4 Å². The third kappa shape index (κ3) is 6.61. The summed E-state index contributed by atoms with van der Waals surface area (Å²) in [6, 6.07) is 24.3. The van der Waals surface area contributed by atoms with E-state index < -0.39 is 11.8 Å². The Kier molecular flexibility index (Phi) is 9.45. The molecule has 1 aromatic heterocycles. The van der Waals surface area contributed by atoms with Crippen LogP contribution in [-0.2, 0) is 19.4 Å². The highest BCUT2D eigenvalue weighted by atomic mass is 16.5. The zero-order chi connectivity index (χ0) is 33.8. The summed E-state index contributed by atoms with van der Waals surface area (Å²) in [5, 5.41) is 3.75. The Morgan fingerprint density at radius 3 is 2.12 bits per heavy atom. The van der Waals surface area contributed by atoms with Gasteiger partial charge in [0.25, 0.3) is 11.8 Å². The van der Waals surface area contributed by atoms with Gasteiger partial charge in [0.15, 0.2) is 23.0 Å². The van der Waals surface area contributed by atoms with Crippen molar-refractivity contribution in [3.63, 3.8) is 0 Å². The summed E-state index contributed by atoms with van der Waals surface area (Å²) in [4.78, 5) is 33.6. The molecular formula is C38H38N4O6. The van der Waals surface area contributed by atoms with Crippen LogP contribution in [0.1, 0.15) is 37.4 Å². The average Bonchev–Trinajstić information content (AvgIpc) is 3.12. The molecule has 246 valence electrons. The molecule has 0 saturated heterocycles. The first-order valence-corrected chi connectivity index (χ1v) is 15.6. The van der Waals surface area contributed by atoms with Crippen molar-refractivity contribution in [2.45, 2.75) is 19.4 Å². The molecule has 1 aliphatic rings. The molecule has 2 amide bonds. The average molecular weight is 647 g/mol. The predicted octanol–water partition coefficient (Wildman–Crippen LogP) is 5.89. The van der Waals surface area contributed by atoms with E-state index in [1.807, 2.05) is 48.5 Å². The van der Waals surface area contributed by atoms with Gasteiger partial charge in [-0.2, -0.15) is 0 Å².